The molecule has 0 spiro atoms. The number of para-hydroxylation sites is 2. The Labute approximate surface area is 217 Å². The van der Waals surface area contributed by atoms with Crippen molar-refractivity contribution >= 4 is 44.2 Å². The molecular weight excluding hydrogens is 492 g/mol. The number of anilines is 1. The molecule has 6 rings (SSSR count). The monoisotopic (exact) mass is 514 g/mol. The fourth-order valence-electron chi connectivity index (χ4n) is 4.72. The van der Waals surface area contributed by atoms with Gasteiger partial charge in [0.05, 0.1) is 22.5 Å². The van der Waals surface area contributed by atoms with Crippen LogP contribution in [0.25, 0.3) is 10.2 Å². The highest BCUT2D eigenvalue weighted by atomic mass is 35.5. The molecule has 0 saturated carbocycles. The third kappa shape index (κ3) is 4.14. The molecule has 0 atom stereocenters. The third-order valence-corrected chi connectivity index (χ3v) is 7.66. The minimum Gasteiger partial charge on any atom is -0.457 e. The molecule has 0 bridgehead atoms. The van der Waals surface area contributed by atoms with Gasteiger partial charge in [-0.3, -0.25) is 9.69 Å². The maximum absolute atomic E-state index is 14.4. The molecule has 8 heteroatoms. The van der Waals surface area contributed by atoms with Crippen LogP contribution in [-0.2, 0) is 11.3 Å². The second kappa shape index (κ2) is 9.41. The molecular formula is C28H23ClN4O2S. The zero-order valence-corrected chi connectivity index (χ0v) is 21.2. The molecule has 0 aliphatic carbocycles. The zero-order valence-electron chi connectivity index (χ0n) is 19.6. The summed E-state index contributed by atoms with van der Waals surface area (Å²) in [5, 5.41) is 1.34. The molecule has 3 heterocycles. The van der Waals surface area contributed by atoms with Crippen LogP contribution in [0.1, 0.15) is 29.0 Å². The molecule has 1 aliphatic heterocycles. The first-order valence-electron chi connectivity index (χ1n) is 11.8. The Hall–Kier alpha value is -3.68. The van der Waals surface area contributed by atoms with Gasteiger partial charge in [-0.2, -0.15) is 0 Å². The number of amides is 1. The molecule has 3 aromatic carbocycles. The van der Waals surface area contributed by atoms with E-state index in [4.69, 9.17) is 21.3 Å². The van der Waals surface area contributed by atoms with Crippen molar-refractivity contribution in [2.75, 3.05) is 11.4 Å². The van der Waals surface area contributed by atoms with Crippen molar-refractivity contribution in [1.82, 2.24) is 14.5 Å². The molecule has 180 valence electrons. The molecule has 6 nitrogen and oxygen atoms in total. The van der Waals surface area contributed by atoms with Crippen molar-refractivity contribution in [3.63, 3.8) is 0 Å². The molecule has 1 amide bonds. The Morgan fingerprint density at radius 3 is 2.53 bits per heavy atom. The van der Waals surface area contributed by atoms with E-state index in [2.05, 4.69) is 4.98 Å². The van der Waals surface area contributed by atoms with Gasteiger partial charge in [0.2, 0.25) is 5.91 Å². The lowest BCUT2D eigenvalue weighted by Gasteiger charge is -2.31. The highest BCUT2D eigenvalue weighted by Crippen LogP contribution is 2.45. The summed E-state index contributed by atoms with van der Waals surface area (Å²) in [4.78, 5) is 25.3. The third-order valence-electron chi connectivity index (χ3n) is 6.42. The van der Waals surface area contributed by atoms with Crippen molar-refractivity contribution in [2.45, 2.75) is 25.8 Å². The number of thiazole rings is 1. The smallest absolute Gasteiger partial charge is 0.241 e. The molecule has 0 unspecified atom stereocenters. The van der Waals surface area contributed by atoms with E-state index < -0.39 is 5.92 Å². The van der Waals surface area contributed by atoms with E-state index >= 15 is 0 Å². The number of hydrogen-bond donors (Lipinski definition) is 0. The predicted octanol–water partition coefficient (Wildman–Crippen LogP) is 6.82. The van der Waals surface area contributed by atoms with Crippen molar-refractivity contribution < 1.29 is 9.53 Å². The van der Waals surface area contributed by atoms with Crippen molar-refractivity contribution in [3.05, 3.63) is 101 Å². The molecule has 36 heavy (non-hydrogen) atoms. The Balaban J connectivity index is 1.42. The highest BCUT2D eigenvalue weighted by Gasteiger charge is 2.36. The average Bonchev–Trinajstić information content (AvgIpc) is 3.55. The normalized spacial score (nSPS) is 12.7. The van der Waals surface area contributed by atoms with Crippen LogP contribution in [0.3, 0.4) is 0 Å². The number of ether oxygens (including phenoxy) is 1. The molecule has 2 aromatic heterocycles. The topological polar surface area (TPSA) is 60.2 Å². The van der Waals surface area contributed by atoms with Gasteiger partial charge >= 0.3 is 0 Å². The van der Waals surface area contributed by atoms with Gasteiger partial charge in [-0.15, -0.1) is 0 Å². The van der Waals surface area contributed by atoms with Gasteiger partial charge in [0.15, 0.2) is 5.13 Å². The number of hydrogen-bond acceptors (Lipinski definition) is 5. The Kier molecular flexibility index (Phi) is 5.95. The fourth-order valence-corrected chi connectivity index (χ4v) is 6.17. The lowest BCUT2D eigenvalue weighted by Crippen LogP contribution is -2.37. The van der Waals surface area contributed by atoms with Gasteiger partial charge in [-0.05, 0) is 43.2 Å². The van der Waals surface area contributed by atoms with Crippen molar-refractivity contribution in [1.29, 1.82) is 0 Å². The molecule has 1 aliphatic rings. The summed E-state index contributed by atoms with van der Waals surface area (Å²) in [5.41, 5.74) is 3.59. The molecule has 0 saturated heterocycles. The van der Waals surface area contributed by atoms with Gasteiger partial charge in [0, 0.05) is 41.6 Å². The molecule has 0 radical (unpaired) electrons. The average molecular weight is 515 g/mol. The first kappa shape index (κ1) is 22.8. The number of imidazole rings is 1. The highest BCUT2D eigenvalue weighted by molar-refractivity contribution is 7.22. The summed E-state index contributed by atoms with van der Waals surface area (Å²) in [5.74, 6) is 0.905. The van der Waals surface area contributed by atoms with E-state index in [0.717, 1.165) is 39.9 Å². The first-order valence-corrected chi connectivity index (χ1v) is 13.0. The largest absolute Gasteiger partial charge is 0.457 e. The predicted molar refractivity (Wildman–Crippen MR) is 143 cm³/mol. The van der Waals surface area contributed by atoms with Crippen LogP contribution in [0.2, 0.25) is 5.02 Å². The van der Waals surface area contributed by atoms with Gasteiger partial charge in [0.1, 0.15) is 11.5 Å². The first-order chi connectivity index (χ1) is 17.6. The number of rotatable bonds is 6. The maximum atomic E-state index is 14.4. The number of carbonyl (C=O) groups excluding carboxylic acids is 1. The van der Waals surface area contributed by atoms with Crippen LogP contribution in [0.15, 0.2) is 79.4 Å². The van der Waals surface area contributed by atoms with Crippen molar-refractivity contribution in [2.24, 2.45) is 0 Å². The van der Waals surface area contributed by atoms with Crippen LogP contribution in [0.5, 0.6) is 11.5 Å². The van der Waals surface area contributed by atoms with E-state index in [1.165, 1.54) is 11.3 Å². The quantitative estimate of drug-likeness (QED) is 0.249. The summed E-state index contributed by atoms with van der Waals surface area (Å²) in [6.45, 7) is 3.26. The standard InChI is InChI=1S/C28H23ClN4O2S/c1-18-15-19(29)16-24-26(18)31-28(36-24)33(13-6-12-32-14-11-30-17-32)27(34)25-20-7-2-4-9-22(20)35-23-10-5-3-8-21(23)25/h2-5,7-11,14-17,25H,6,12-13H2,1H3. The van der Waals surface area contributed by atoms with Gasteiger partial charge in [-0.1, -0.05) is 59.3 Å². The van der Waals surface area contributed by atoms with E-state index in [1.807, 2.05) is 83.3 Å². The summed E-state index contributed by atoms with van der Waals surface area (Å²) in [7, 11) is 0. The maximum Gasteiger partial charge on any atom is 0.241 e. The summed E-state index contributed by atoms with van der Waals surface area (Å²) >= 11 is 7.82. The summed E-state index contributed by atoms with van der Waals surface area (Å²) < 4.78 is 9.13. The number of aromatic nitrogens is 3. The minimum absolute atomic E-state index is 0.0216. The second-order valence-electron chi connectivity index (χ2n) is 8.82. The molecule has 5 aromatic rings. The second-order valence-corrected chi connectivity index (χ2v) is 10.3. The van der Waals surface area contributed by atoms with E-state index in [1.54, 1.807) is 12.5 Å². The number of benzene rings is 3. The van der Waals surface area contributed by atoms with E-state index in [0.29, 0.717) is 28.2 Å². The SMILES string of the molecule is Cc1cc(Cl)cc2sc(N(CCCn3ccnc3)C(=O)C3c4ccccc4Oc4ccccc43)nc12. The van der Waals surface area contributed by atoms with Gasteiger partial charge in [0.25, 0.3) is 0 Å². The van der Waals surface area contributed by atoms with Crippen LogP contribution in [0, 0.1) is 6.92 Å². The molecule has 0 N–H and O–H groups in total. The van der Waals surface area contributed by atoms with E-state index in [-0.39, 0.29) is 5.91 Å². The van der Waals surface area contributed by atoms with Crippen LogP contribution in [-0.4, -0.2) is 27.0 Å². The number of fused-ring (bicyclic) bond motifs is 3. The lowest BCUT2D eigenvalue weighted by molar-refractivity contribution is -0.119. The Bertz CT molecular complexity index is 1520. The van der Waals surface area contributed by atoms with Crippen molar-refractivity contribution in [3.8, 4) is 11.5 Å². The van der Waals surface area contributed by atoms with Gasteiger partial charge < -0.3 is 9.30 Å². The Morgan fingerprint density at radius 1 is 1.11 bits per heavy atom. The van der Waals surface area contributed by atoms with E-state index in [9.17, 15) is 4.79 Å². The lowest BCUT2D eigenvalue weighted by atomic mass is 9.87. The number of carbonyl (C=O) groups is 1. The van der Waals surface area contributed by atoms with Gasteiger partial charge in [-0.25, -0.2) is 9.97 Å². The number of nitrogens with zero attached hydrogens (tertiary/aromatic N) is 4. The van der Waals surface area contributed by atoms with Crippen LogP contribution in [0.4, 0.5) is 5.13 Å². The molecule has 0 fully saturated rings. The minimum atomic E-state index is -0.490. The number of aryl methyl sites for hydroxylation is 2. The Morgan fingerprint density at radius 2 is 1.83 bits per heavy atom. The fraction of sp³-hybridized carbons (Fsp3) is 0.179. The zero-order chi connectivity index (χ0) is 24.6. The van der Waals surface area contributed by atoms with Crippen LogP contribution < -0.4 is 9.64 Å². The summed E-state index contributed by atoms with van der Waals surface area (Å²) in [6.07, 6.45) is 6.24. The number of halogens is 1. The summed E-state index contributed by atoms with van der Waals surface area (Å²) in [6, 6.07) is 19.3. The van der Waals surface area contributed by atoms with Crippen LogP contribution >= 0.6 is 22.9 Å².